The maximum absolute atomic E-state index is 12.2. The number of hydrogen-bond acceptors (Lipinski definition) is 3. The van der Waals surface area contributed by atoms with Gasteiger partial charge in [0.25, 0.3) is 11.5 Å². The number of carbonyl (C=O) groups excluding carboxylic acids is 2. The predicted molar refractivity (Wildman–Crippen MR) is 72.0 cm³/mol. The van der Waals surface area contributed by atoms with Crippen LogP contribution >= 0.6 is 0 Å². The Morgan fingerprint density at radius 2 is 2.00 bits per heavy atom. The fourth-order valence-electron chi connectivity index (χ4n) is 1.94. The van der Waals surface area contributed by atoms with Gasteiger partial charge in [-0.25, -0.2) is 0 Å². The van der Waals surface area contributed by atoms with Crippen molar-refractivity contribution in [3.63, 3.8) is 0 Å². The highest BCUT2D eigenvalue weighted by molar-refractivity contribution is 5.98. The summed E-state index contributed by atoms with van der Waals surface area (Å²) in [5, 5.41) is 2.42. The summed E-state index contributed by atoms with van der Waals surface area (Å²) in [7, 11) is 0. The Morgan fingerprint density at radius 3 is 2.47 bits per heavy atom. The Hall–Kier alpha value is -2.11. The van der Waals surface area contributed by atoms with Crippen LogP contribution in [0.2, 0.25) is 0 Å². The quantitative estimate of drug-likeness (QED) is 0.807. The summed E-state index contributed by atoms with van der Waals surface area (Å²) in [6.45, 7) is 7.29. The first-order valence-corrected chi connectivity index (χ1v) is 6.10. The van der Waals surface area contributed by atoms with E-state index in [9.17, 15) is 14.4 Å². The fourth-order valence-corrected chi connectivity index (χ4v) is 1.94. The largest absolute Gasteiger partial charge is 0.368 e. The van der Waals surface area contributed by atoms with Crippen molar-refractivity contribution in [2.45, 2.75) is 40.3 Å². The molecule has 0 fully saturated rings. The van der Waals surface area contributed by atoms with E-state index in [1.54, 1.807) is 13.0 Å². The molecule has 0 radical (unpaired) electrons. The van der Waals surface area contributed by atoms with Crippen molar-refractivity contribution in [2.24, 2.45) is 5.73 Å². The number of hydrogen-bond donors (Lipinski definition) is 2. The SMILES string of the molecule is CCn1c(C)cc(C)c(C(=O)NC(C)C(N)=O)c1=O. The molecule has 0 saturated carbocycles. The standard InChI is InChI=1S/C13H19N3O3/c1-5-16-8(3)6-7(2)10(13(16)19)12(18)15-9(4)11(14)17/h6,9H,5H2,1-4H3,(H2,14,17)(H,15,18). The number of pyridine rings is 1. The van der Waals surface area contributed by atoms with Gasteiger partial charge in [-0.15, -0.1) is 0 Å². The Bertz CT molecular complexity index is 575. The van der Waals surface area contributed by atoms with Crippen LogP contribution in [0.5, 0.6) is 0 Å². The zero-order valence-electron chi connectivity index (χ0n) is 11.6. The molecule has 1 aromatic heterocycles. The highest BCUT2D eigenvalue weighted by Gasteiger charge is 2.20. The Labute approximate surface area is 111 Å². The van der Waals surface area contributed by atoms with Crippen molar-refractivity contribution in [3.05, 3.63) is 33.2 Å². The van der Waals surface area contributed by atoms with Gasteiger partial charge in [0, 0.05) is 12.2 Å². The van der Waals surface area contributed by atoms with Crippen LogP contribution in [0.3, 0.4) is 0 Å². The molecule has 1 aromatic rings. The van der Waals surface area contributed by atoms with Crippen molar-refractivity contribution in [1.29, 1.82) is 0 Å². The van der Waals surface area contributed by atoms with E-state index in [1.807, 2.05) is 13.8 Å². The van der Waals surface area contributed by atoms with E-state index in [0.717, 1.165) is 5.69 Å². The summed E-state index contributed by atoms with van der Waals surface area (Å²) in [5.74, 6) is -1.22. The van der Waals surface area contributed by atoms with Gasteiger partial charge in [-0.2, -0.15) is 0 Å². The topological polar surface area (TPSA) is 94.2 Å². The van der Waals surface area contributed by atoms with Crippen LogP contribution < -0.4 is 16.6 Å². The average Bonchev–Trinajstić information content (AvgIpc) is 2.28. The van der Waals surface area contributed by atoms with E-state index in [-0.39, 0.29) is 11.1 Å². The number of aromatic nitrogens is 1. The van der Waals surface area contributed by atoms with Crippen molar-refractivity contribution in [1.82, 2.24) is 9.88 Å². The van der Waals surface area contributed by atoms with Crippen molar-refractivity contribution >= 4 is 11.8 Å². The minimum Gasteiger partial charge on any atom is -0.368 e. The molecule has 104 valence electrons. The third kappa shape index (κ3) is 3.01. The average molecular weight is 265 g/mol. The van der Waals surface area contributed by atoms with Gasteiger partial charge in [0.05, 0.1) is 0 Å². The van der Waals surface area contributed by atoms with Gasteiger partial charge in [0.15, 0.2) is 0 Å². The van der Waals surface area contributed by atoms with E-state index in [0.29, 0.717) is 12.1 Å². The summed E-state index contributed by atoms with van der Waals surface area (Å²) >= 11 is 0. The molecule has 6 nitrogen and oxygen atoms in total. The van der Waals surface area contributed by atoms with Crippen LogP contribution in [0.1, 0.15) is 35.5 Å². The van der Waals surface area contributed by atoms with E-state index >= 15 is 0 Å². The molecule has 19 heavy (non-hydrogen) atoms. The van der Waals surface area contributed by atoms with Gasteiger partial charge in [-0.05, 0) is 39.3 Å². The van der Waals surface area contributed by atoms with Crippen LogP contribution in [0.25, 0.3) is 0 Å². The molecule has 0 aliphatic rings. The molecule has 0 bridgehead atoms. The summed E-state index contributed by atoms with van der Waals surface area (Å²) in [6, 6.07) is 0.956. The molecule has 0 aromatic carbocycles. The first-order valence-electron chi connectivity index (χ1n) is 6.10. The molecule has 0 aliphatic carbocycles. The third-order valence-corrected chi connectivity index (χ3v) is 3.02. The lowest BCUT2D eigenvalue weighted by Gasteiger charge is -2.14. The maximum atomic E-state index is 12.2. The first kappa shape index (κ1) is 14.9. The molecule has 1 rings (SSSR count). The molecule has 1 unspecified atom stereocenters. The highest BCUT2D eigenvalue weighted by atomic mass is 16.2. The number of nitrogens with two attached hydrogens (primary N) is 1. The second kappa shape index (κ2) is 5.69. The summed E-state index contributed by atoms with van der Waals surface area (Å²) in [5.41, 5.74) is 6.17. The number of amides is 2. The molecule has 1 atom stereocenters. The van der Waals surface area contributed by atoms with Crippen LogP contribution in [0, 0.1) is 13.8 Å². The van der Waals surface area contributed by atoms with Crippen LogP contribution in [-0.4, -0.2) is 22.4 Å². The first-order chi connectivity index (χ1) is 8.79. The predicted octanol–water partition coefficient (Wildman–Crippen LogP) is 0.0886. The maximum Gasteiger partial charge on any atom is 0.263 e. The lowest BCUT2D eigenvalue weighted by atomic mass is 10.1. The van der Waals surface area contributed by atoms with Gasteiger partial charge in [0.1, 0.15) is 11.6 Å². The van der Waals surface area contributed by atoms with Gasteiger partial charge < -0.3 is 15.6 Å². The van der Waals surface area contributed by atoms with E-state index in [1.165, 1.54) is 11.5 Å². The van der Waals surface area contributed by atoms with Gasteiger partial charge >= 0.3 is 0 Å². The molecule has 0 aliphatic heterocycles. The lowest BCUT2D eigenvalue weighted by Crippen LogP contribution is -2.44. The Kier molecular flexibility index (Phi) is 4.47. The second-order valence-corrected chi connectivity index (χ2v) is 4.49. The number of nitrogens with zero attached hydrogens (tertiary/aromatic N) is 1. The molecule has 0 saturated heterocycles. The second-order valence-electron chi connectivity index (χ2n) is 4.49. The normalized spacial score (nSPS) is 12.0. The number of carbonyl (C=O) groups is 2. The van der Waals surface area contributed by atoms with Gasteiger partial charge in [-0.1, -0.05) is 0 Å². The molecule has 6 heteroatoms. The Balaban J connectivity index is 3.24. The van der Waals surface area contributed by atoms with Gasteiger partial charge in [-0.3, -0.25) is 14.4 Å². The lowest BCUT2D eigenvalue weighted by molar-refractivity contribution is -0.119. The van der Waals surface area contributed by atoms with E-state index in [4.69, 9.17) is 5.73 Å². The van der Waals surface area contributed by atoms with Crippen LogP contribution in [0.15, 0.2) is 10.9 Å². The van der Waals surface area contributed by atoms with Crippen molar-refractivity contribution < 1.29 is 9.59 Å². The zero-order valence-corrected chi connectivity index (χ0v) is 11.6. The molecule has 0 spiro atoms. The summed E-state index contributed by atoms with van der Waals surface area (Å²) < 4.78 is 1.51. The van der Waals surface area contributed by atoms with Gasteiger partial charge in [0.2, 0.25) is 5.91 Å². The molecule has 2 amide bonds. The number of aryl methyl sites for hydroxylation is 2. The monoisotopic (exact) mass is 265 g/mol. The van der Waals surface area contributed by atoms with E-state index in [2.05, 4.69) is 5.32 Å². The van der Waals surface area contributed by atoms with E-state index < -0.39 is 17.9 Å². The number of primary amides is 1. The summed E-state index contributed by atoms with van der Waals surface area (Å²) in [4.78, 5) is 35.2. The number of nitrogens with one attached hydrogen (secondary N) is 1. The smallest absolute Gasteiger partial charge is 0.263 e. The number of rotatable bonds is 4. The summed E-state index contributed by atoms with van der Waals surface area (Å²) in [6.07, 6.45) is 0. The highest BCUT2D eigenvalue weighted by Crippen LogP contribution is 2.06. The minimum atomic E-state index is -0.817. The Morgan fingerprint density at radius 1 is 1.42 bits per heavy atom. The zero-order chi connectivity index (χ0) is 14.7. The van der Waals surface area contributed by atoms with Crippen molar-refractivity contribution in [2.75, 3.05) is 0 Å². The van der Waals surface area contributed by atoms with Crippen LogP contribution in [-0.2, 0) is 11.3 Å². The van der Waals surface area contributed by atoms with Crippen LogP contribution in [0.4, 0.5) is 0 Å². The minimum absolute atomic E-state index is 0.0561. The fraction of sp³-hybridized carbons (Fsp3) is 0.462. The molecule has 3 N–H and O–H groups in total. The molecular weight excluding hydrogens is 246 g/mol. The van der Waals surface area contributed by atoms with Crippen molar-refractivity contribution in [3.8, 4) is 0 Å². The third-order valence-electron chi connectivity index (χ3n) is 3.02. The molecular formula is C13H19N3O3. The molecule has 1 heterocycles.